The van der Waals surface area contributed by atoms with E-state index in [9.17, 15) is 0 Å². The highest BCUT2D eigenvalue weighted by atomic mass is 35.5. The van der Waals surface area contributed by atoms with Gasteiger partial charge in [0.15, 0.2) is 11.5 Å². The van der Waals surface area contributed by atoms with Crippen molar-refractivity contribution >= 4 is 29.1 Å². The Morgan fingerprint density at radius 3 is 2.41 bits per heavy atom. The van der Waals surface area contributed by atoms with Crippen molar-refractivity contribution in [1.29, 1.82) is 0 Å². The second-order valence-corrected chi connectivity index (χ2v) is 6.44. The summed E-state index contributed by atoms with van der Waals surface area (Å²) in [5, 5.41) is 4.01. The third-order valence-electron chi connectivity index (χ3n) is 4.32. The van der Waals surface area contributed by atoms with Crippen LogP contribution in [-0.4, -0.2) is 24.2 Å². The van der Waals surface area contributed by atoms with Gasteiger partial charge >= 0.3 is 0 Å². The van der Waals surface area contributed by atoms with Crippen molar-refractivity contribution in [2.75, 3.05) is 25.3 Å². The average molecular weight is 385 g/mol. The number of nitrogen functional groups attached to an aromatic ring is 1. The zero-order valence-corrected chi connectivity index (χ0v) is 16.1. The molecule has 0 spiro atoms. The number of nitrogens with one attached hydrogen (secondary N) is 1. The van der Waals surface area contributed by atoms with E-state index in [4.69, 9.17) is 26.8 Å². The van der Waals surface area contributed by atoms with E-state index in [0.29, 0.717) is 22.3 Å². The van der Waals surface area contributed by atoms with E-state index in [0.717, 1.165) is 16.8 Å². The first-order chi connectivity index (χ1) is 13.0. The Kier molecular flexibility index (Phi) is 5.66. The molecule has 0 aliphatic rings. The number of hydrogen-bond donors (Lipinski definition) is 2. The SMILES string of the molecule is COc1ccc(Nc2nc(N)ncc2C(C)c2ccc(Cl)cc2)cc1OC. The van der Waals surface area contributed by atoms with Gasteiger partial charge in [0.1, 0.15) is 5.82 Å². The van der Waals surface area contributed by atoms with Gasteiger partial charge in [-0.05, 0) is 29.8 Å². The van der Waals surface area contributed by atoms with Gasteiger partial charge in [0, 0.05) is 34.5 Å². The van der Waals surface area contributed by atoms with Crippen LogP contribution < -0.4 is 20.5 Å². The highest BCUT2D eigenvalue weighted by Crippen LogP contribution is 2.34. The Hall–Kier alpha value is -2.99. The molecule has 1 unspecified atom stereocenters. The monoisotopic (exact) mass is 384 g/mol. The largest absolute Gasteiger partial charge is 0.493 e. The molecule has 3 N–H and O–H groups in total. The van der Waals surface area contributed by atoms with Crippen molar-refractivity contribution in [1.82, 2.24) is 9.97 Å². The smallest absolute Gasteiger partial charge is 0.221 e. The minimum atomic E-state index is 0.0468. The van der Waals surface area contributed by atoms with Crippen LogP contribution in [0.4, 0.5) is 17.5 Å². The molecule has 6 nitrogen and oxygen atoms in total. The first-order valence-electron chi connectivity index (χ1n) is 8.38. The number of anilines is 3. The molecule has 2 aromatic carbocycles. The van der Waals surface area contributed by atoms with Crippen molar-refractivity contribution in [2.45, 2.75) is 12.8 Å². The normalized spacial score (nSPS) is 11.7. The summed E-state index contributed by atoms with van der Waals surface area (Å²) < 4.78 is 10.6. The quantitative estimate of drug-likeness (QED) is 0.645. The molecule has 140 valence electrons. The Morgan fingerprint density at radius 1 is 1.04 bits per heavy atom. The fourth-order valence-corrected chi connectivity index (χ4v) is 2.93. The second-order valence-electron chi connectivity index (χ2n) is 6.00. The van der Waals surface area contributed by atoms with Crippen molar-refractivity contribution < 1.29 is 9.47 Å². The maximum Gasteiger partial charge on any atom is 0.221 e. The lowest BCUT2D eigenvalue weighted by molar-refractivity contribution is 0.355. The molecule has 0 saturated heterocycles. The molecule has 0 bridgehead atoms. The predicted octanol–water partition coefficient (Wildman–Crippen LogP) is 4.62. The topological polar surface area (TPSA) is 82.3 Å². The molecule has 0 aliphatic heterocycles. The zero-order chi connectivity index (χ0) is 19.4. The molecular formula is C20H21ClN4O2. The molecule has 0 aliphatic carbocycles. The number of benzene rings is 2. The van der Waals surface area contributed by atoms with Gasteiger partial charge in [-0.1, -0.05) is 30.7 Å². The van der Waals surface area contributed by atoms with Gasteiger partial charge in [-0.3, -0.25) is 0 Å². The van der Waals surface area contributed by atoms with E-state index >= 15 is 0 Å². The van der Waals surface area contributed by atoms with Crippen LogP contribution in [0, 0.1) is 0 Å². The van der Waals surface area contributed by atoms with Crippen LogP contribution in [0.15, 0.2) is 48.7 Å². The molecule has 3 aromatic rings. The van der Waals surface area contributed by atoms with Gasteiger partial charge in [0.25, 0.3) is 0 Å². The highest BCUT2D eigenvalue weighted by Gasteiger charge is 2.16. The van der Waals surface area contributed by atoms with Crippen molar-refractivity contribution in [3.8, 4) is 11.5 Å². The van der Waals surface area contributed by atoms with Crippen LogP contribution in [0.3, 0.4) is 0 Å². The Balaban J connectivity index is 1.96. The zero-order valence-electron chi connectivity index (χ0n) is 15.4. The molecule has 1 atom stereocenters. The standard InChI is InChI=1S/C20H21ClN4O2/c1-12(13-4-6-14(21)7-5-13)16-11-23-20(22)25-19(16)24-15-8-9-17(26-2)18(10-15)27-3/h4-12H,1-3H3,(H3,22,23,24,25). The number of ether oxygens (including phenoxy) is 2. The lowest BCUT2D eigenvalue weighted by atomic mass is 9.94. The maximum absolute atomic E-state index is 6.00. The number of hydrogen-bond acceptors (Lipinski definition) is 6. The van der Waals surface area contributed by atoms with Gasteiger partial charge in [-0.15, -0.1) is 0 Å². The van der Waals surface area contributed by atoms with E-state index in [1.807, 2.05) is 42.5 Å². The van der Waals surface area contributed by atoms with Crippen LogP contribution in [0.1, 0.15) is 24.0 Å². The van der Waals surface area contributed by atoms with E-state index in [-0.39, 0.29) is 11.9 Å². The van der Waals surface area contributed by atoms with Crippen LogP contribution in [-0.2, 0) is 0 Å². The van der Waals surface area contributed by atoms with Gasteiger partial charge in [0.05, 0.1) is 14.2 Å². The lowest BCUT2D eigenvalue weighted by Crippen LogP contribution is -2.07. The van der Waals surface area contributed by atoms with Gasteiger partial charge < -0.3 is 20.5 Å². The summed E-state index contributed by atoms with van der Waals surface area (Å²) in [7, 11) is 3.19. The van der Waals surface area contributed by atoms with E-state index in [1.54, 1.807) is 20.4 Å². The molecule has 0 amide bonds. The molecule has 7 heteroatoms. The van der Waals surface area contributed by atoms with Crippen molar-refractivity contribution in [2.24, 2.45) is 0 Å². The summed E-state index contributed by atoms with van der Waals surface area (Å²) in [6.07, 6.45) is 1.74. The fourth-order valence-electron chi connectivity index (χ4n) is 2.80. The maximum atomic E-state index is 6.00. The number of nitrogens with zero attached hydrogens (tertiary/aromatic N) is 2. The van der Waals surface area contributed by atoms with Crippen LogP contribution in [0.2, 0.25) is 5.02 Å². The summed E-state index contributed by atoms with van der Waals surface area (Å²) in [5.74, 6) is 2.16. The first-order valence-corrected chi connectivity index (χ1v) is 8.76. The minimum absolute atomic E-state index is 0.0468. The third-order valence-corrected chi connectivity index (χ3v) is 4.57. The summed E-state index contributed by atoms with van der Waals surface area (Å²) in [4.78, 5) is 8.55. The number of halogens is 1. The first kappa shape index (κ1) is 18.8. The molecule has 3 rings (SSSR count). The molecule has 0 saturated carbocycles. The minimum Gasteiger partial charge on any atom is -0.493 e. The number of rotatable bonds is 6. The number of nitrogens with two attached hydrogens (primary N) is 1. The summed E-state index contributed by atoms with van der Waals surface area (Å²) in [6, 6.07) is 13.3. The van der Waals surface area contributed by atoms with Crippen molar-refractivity contribution in [3.05, 3.63) is 64.8 Å². The molecule has 0 fully saturated rings. The van der Waals surface area contributed by atoms with E-state index in [2.05, 4.69) is 22.2 Å². The molecular weight excluding hydrogens is 364 g/mol. The fraction of sp³-hybridized carbons (Fsp3) is 0.200. The van der Waals surface area contributed by atoms with Crippen LogP contribution in [0.5, 0.6) is 11.5 Å². The summed E-state index contributed by atoms with van der Waals surface area (Å²) in [6.45, 7) is 2.08. The molecule has 1 heterocycles. The van der Waals surface area contributed by atoms with Gasteiger partial charge in [-0.25, -0.2) is 4.98 Å². The molecule has 1 aromatic heterocycles. The van der Waals surface area contributed by atoms with Gasteiger partial charge in [-0.2, -0.15) is 4.98 Å². The third kappa shape index (κ3) is 4.23. The summed E-state index contributed by atoms with van der Waals surface area (Å²) >= 11 is 6.00. The Labute approximate surface area is 163 Å². The van der Waals surface area contributed by atoms with Crippen LogP contribution >= 0.6 is 11.6 Å². The van der Waals surface area contributed by atoms with Crippen LogP contribution in [0.25, 0.3) is 0 Å². The lowest BCUT2D eigenvalue weighted by Gasteiger charge is -2.18. The van der Waals surface area contributed by atoms with E-state index in [1.165, 1.54) is 0 Å². The Morgan fingerprint density at radius 2 is 1.74 bits per heavy atom. The van der Waals surface area contributed by atoms with Gasteiger partial charge in [0.2, 0.25) is 5.95 Å². The Bertz CT molecular complexity index is 932. The predicted molar refractivity (Wildman–Crippen MR) is 108 cm³/mol. The number of methoxy groups -OCH3 is 2. The average Bonchev–Trinajstić information content (AvgIpc) is 2.68. The molecule has 0 radical (unpaired) electrons. The number of aromatic nitrogens is 2. The van der Waals surface area contributed by atoms with E-state index < -0.39 is 0 Å². The summed E-state index contributed by atoms with van der Waals surface area (Å²) in [5.41, 5.74) is 8.64. The van der Waals surface area contributed by atoms with Crippen molar-refractivity contribution in [3.63, 3.8) is 0 Å². The molecule has 27 heavy (non-hydrogen) atoms. The highest BCUT2D eigenvalue weighted by molar-refractivity contribution is 6.30. The second kappa shape index (κ2) is 8.14.